The van der Waals surface area contributed by atoms with Gasteiger partial charge in [-0.2, -0.15) is 0 Å². The molecule has 1 saturated carbocycles. The normalized spacial score (nSPS) is 19.3. The monoisotopic (exact) mass is 384 g/mol. The van der Waals surface area contributed by atoms with Gasteiger partial charge < -0.3 is 13.9 Å². The molecule has 1 aromatic carbocycles. The molecule has 1 amide bonds. The summed E-state index contributed by atoms with van der Waals surface area (Å²) >= 11 is 6.01. The van der Waals surface area contributed by atoms with Crippen molar-refractivity contribution < 1.29 is 9.21 Å². The Kier molecular flexibility index (Phi) is 3.62. The van der Waals surface area contributed by atoms with E-state index in [4.69, 9.17) is 16.0 Å². The molecule has 5 rings (SSSR count). The first-order valence-electron chi connectivity index (χ1n) is 8.97. The van der Waals surface area contributed by atoms with Crippen LogP contribution in [0.15, 0.2) is 33.5 Å². The summed E-state index contributed by atoms with van der Waals surface area (Å²) in [7, 11) is 0. The van der Waals surface area contributed by atoms with Crippen molar-refractivity contribution in [3.8, 4) is 0 Å². The van der Waals surface area contributed by atoms with Crippen LogP contribution in [0.3, 0.4) is 0 Å². The van der Waals surface area contributed by atoms with Gasteiger partial charge in [0.25, 0.3) is 5.91 Å². The quantitative estimate of drug-likeness (QED) is 0.634. The third-order valence-corrected chi connectivity index (χ3v) is 5.44. The lowest BCUT2D eigenvalue weighted by Crippen LogP contribution is -2.42. The second kappa shape index (κ2) is 5.92. The summed E-state index contributed by atoms with van der Waals surface area (Å²) in [4.78, 5) is 27.0. The Morgan fingerprint density at radius 3 is 2.85 bits per heavy atom. The van der Waals surface area contributed by atoms with Gasteiger partial charge >= 0.3 is 5.63 Å². The number of rotatable bonds is 2. The van der Waals surface area contributed by atoms with E-state index in [-0.39, 0.29) is 17.5 Å². The highest BCUT2D eigenvalue weighted by Gasteiger charge is 2.36. The van der Waals surface area contributed by atoms with Crippen LogP contribution in [0.4, 0.5) is 0 Å². The average molecular weight is 385 g/mol. The highest BCUT2D eigenvalue weighted by Crippen LogP contribution is 2.41. The van der Waals surface area contributed by atoms with Crippen LogP contribution in [0.5, 0.6) is 0 Å². The molecule has 8 heteroatoms. The van der Waals surface area contributed by atoms with E-state index in [0.717, 1.165) is 24.5 Å². The van der Waals surface area contributed by atoms with Crippen molar-refractivity contribution >= 4 is 28.5 Å². The maximum absolute atomic E-state index is 13.0. The van der Waals surface area contributed by atoms with Gasteiger partial charge in [0.15, 0.2) is 5.82 Å². The van der Waals surface area contributed by atoms with E-state index < -0.39 is 5.63 Å². The molecule has 2 aliphatic rings. The van der Waals surface area contributed by atoms with Crippen molar-refractivity contribution in [2.24, 2.45) is 0 Å². The summed E-state index contributed by atoms with van der Waals surface area (Å²) in [6.07, 6.45) is 2.29. The molecule has 1 fully saturated rings. The predicted molar refractivity (Wildman–Crippen MR) is 98.9 cm³/mol. The van der Waals surface area contributed by atoms with E-state index in [1.807, 2.05) is 6.92 Å². The van der Waals surface area contributed by atoms with Gasteiger partial charge in [0, 0.05) is 22.9 Å². The van der Waals surface area contributed by atoms with Gasteiger partial charge in [-0.25, -0.2) is 4.79 Å². The highest BCUT2D eigenvalue weighted by molar-refractivity contribution is 6.31. The molecule has 27 heavy (non-hydrogen) atoms. The lowest BCUT2D eigenvalue weighted by atomic mass is 10.1. The Morgan fingerprint density at radius 2 is 2.07 bits per heavy atom. The number of fused-ring (bicyclic) bond motifs is 2. The van der Waals surface area contributed by atoms with E-state index >= 15 is 0 Å². The third kappa shape index (κ3) is 2.73. The van der Waals surface area contributed by atoms with Crippen LogP contribution in [0.25, 0.3) is 11.0 Å². The van der Waals surface area contributed by atoms with E-state index in [1.54, 1.807) is 29.2 Å². The van der Waals surface area contributed by atoms with Crippen molar-refractivity contribution in [3.05, 3.63) is 56.9 Å². The van der Waals surface area contributed by atoms with Crippen molar-refractivity contribution in [2.75, 3.05) is 6.54 Å². The lowest BCUT2D eigenvalue weighted by molar-refractivity contribution is 0.0675. The molecule has 3 aromatic rings. The van der Waals surface area contributed by atoms with Gasteiger partial charge in [0.1, 0.15) is 17.0 Å². The van der Waals surface area contributed by atoms with Crippen LogP contribution in [-0.2, 0) is 6.54 Å². The van der Waals surface area contributed by atoms with Gasteiger partial charge in [-0.05, 0) is 44.0 Å². The molecule has 0 radical (unpaired) electrons. The van der Waals surface area contributed by atoms with Gasteiger partial charge in [-0.3, -0.25) is 4.79 Å². The van der Waals surface area contributed by atoms with Crippen molar-refractivity contribution in [2.45, 2.75) is 38.3 Å². The summed E-state index contributed by atoms with van der Waals surface area (Å²) in [6.45, 7) is 2.87. The number of carbonyl (C=O) groups excluding carboxylic acids is 1. The molecule has 7 nitrogen and oxygen atoms in total. The Balaban J connectivity index is 1.50. The highest BCUT2D eigenvalue weighted by atomic mass is 35.5. The molecule has 138 valence electrons. The molecular weight excluding hydrogens is 368 g/mol. The fourth-order valence-electron chi connectivity index (χ4n) is 3.75. The number of amides is 1. The number of benzene rings is 1. The molecular formula is C19H17ClN4O3. The third-order valence-electron chi connectivity index (χ3n) is 5.20. The molecule has 0 spiro atoms. The minimum atomic E-state index is -0.645. The standard InChI is InChI=1S/C19H17ClN4O3/c1-10-8-23(9-16-21-22-17(24(10)16)11-2-3-11)18(25)14-7-12-6-13(20)4-5-15(12)27-19(14)26/h4-7,10-11H,2-3,8-9H2,1H3/t10-/m0/s1. The van der Waals surface area contributed by atoms with Gasteiger partial charge in [-0.15, -0.1) is 10.2 Å². The minimum absolute atomic E-state index is 0.00680. The molecule has 0 saturated heterocycles. The van der Waals surface area contributed by atoms with E-state index in [0.29, 0.717) is 35.0 Å². The van der Waals surface area contributed by atoms with Crippen LogP contribution in [0, 0.1) is 0 Å². The van der Waals surface area contributed by atoms with Crippen molar-refractivity contribution in [1.29, 1.82) is 0 Å². The number of hydrogen-bond acceptors (Lipinski definition) is 5. The maximum Gasteiger partial charge on any atom is 0.349 e. The van der Waals surface area contributed by atoms with E-state index in [9.17, 15) is 9.59 Å². The number of hydrogen-bond donors (Lipinski definition) is 0. The second-order valence-corrected chi connectivity index (χ2v) is 7.72. The molecule has 1 aliphatic heterocycles. The molecule has 1 aliphatic carbocycles. The zero-order valence-electron chi connectivity index (χ0n) is 14.7. The Morgan fingerprint density at radius 1 is 1.26 bits per heavy atom. The van der Waals surface area contributed by atoms with Crippen molar-refractivity contribution in [3.63, 3.8) is 0 Å². The number of carbonyl (C=O) groups is 1. The Labute approximate surface area is 159 Å². The number of halogens is 1. The largest absolute Gasteiger partial charge is 0.422 e. The van der Waals surface area contributed by atoms with Crippen LogP contribution in [0.2, 0.25) is 5.02 Å². The SMILES string of the molecule is C[C@H]1CN(C(=O)c2cc3cc(Cl)ccc3oc2=O)Cc2nnc(C3CC3)n21. The summed E-state index contributed by atoms with van der Waals surface area (Å²) in [5.74, 6) is 1.91. The first kappa shape index (κ1) is 16.5. The molecule has 1 atom stereocenters. The lowest BCUT2D eigenvalue weighted by Gasteiger charge is -2.32. The average Bonchev–Trinajstić information content (AvgIpc) is 3.40. The second-order valence-electron chi connectivity index (χ2n) is 7.28. The molecule has 0 unspecified atom stereocenters. The maximum atomic E-state index is 13.0. The molecule has 0 N–H and O–H groups in total. The van der Waals surface area contributed by atoms with Crippen molar-refractivity contribution in [1.82, 2.24) is 19.7 Å². The fourth-order valence-corrected chi connectivity index (χ4v) is 3.93. The first-order valence-corrected chi connectivity index (χ1v) is 9.35. The molecule has 0 bridgehead atoms. The summed E-state index contributed by atoms with van der Waals surface area (Å²) in [6, 6.07) is 6.55. The molecule has 3 heterocycles. The molecule has 2 aromatic heterocycles. The van der Waals surface area contributed by atoms with Crippen LogP contribution in [-0.4, -0.2) is 32.1 Å². The smallest absolute Gasteiger partial charge is 0.349 e. The number of aromatic nitrogens is 3. The van der Waals surface area contributed by atoms with Gasteiger partial charge in [0.05, 0.1) is 12.6 Å². The Hall–Kier alpha value is -2.67. The van der Waals surface area contributed by atoms with Crippen LogP contribution in [0.1, 0.15) is 53.7 Å². The predicted octanol–water partition coefficient (Wildman–Crippen LogP) is 3.13. The fraction of sp³-hybridized carbons (Fsp3) is 0.368. The topological polar surface area (TPSA) is 81.2 Å². The van der Waals surface area contributed by atoms with E-state index in [2.05, 4.69) is 14.8 Å². The zero-order valence-corrected chi connectivity index (χ0v) is 15.4. The Bertz CT molecular complexity index is 1130. The summed E-state index contributed by atoms with van der Waals surface area (Å²) in [5.41, 5.74) is -0.234. The number of nitrogens with zero attached hydrogens (tertiary/aromatic N) is 4. The van der Waals surface area contributed by atoms with Crippen LogP contribution >= 0.6 is 11.6 Å². The zero-order chi connectivity index (χ0) is 18.7. The van der Waals surface area contributed by atoms with Gasteiger partial charge in [0.2, 0.25) is 0 Å². The first-order chi connectivity index (χ1) is 13.0. The summed E-state index contributed by atoms with van der Waals surface area (Å²) < 4.78 is 7.45. The minimum Gasteiger partial charge on any atom is -0.422 e. The summed E-state index contributed by atoms with van der Waals surface area (Å²) in [5, 5.41) is 9.74. The van der Waals surface area contributed by atoms with E-state index in [1.165, 1.54) is 0 Å². The van der Waals surface area contributed by atoms with Crippen LogP contribution < -0.4 is 5.63 Å². The van der Waals surface area contributed by atoms with Gasteiger partial charge in [-0.1, -0.05) is 11.6 Å².